The van der Waals surface area contributed by atoms with Gasteiger partial charge in [-0.1, -0.05) is 13.8 Å². The maximum atomic E-state index is 12.2. The van der Waals surface area contributed by atoms with Crippen LogP contribution in [-0.2, 0) is 4.79 Å². The van der Waals surface area contributed by atoms with Crippen molar-refractivity contribution in [3.8, 4) is 0 Å². The van der Waals surface area contributed by atoms with Gasteiger partial charge in [-0.25, -0.2) is 4.98 Å². The molecule has 0 bridgehead atoms. The molecule has 4 rings (SSSR count). The Labute approximate surface area is 134 Å². The average molecular weight is 308 g/mol. The van der Waals surface area contributed by atoms with Crippen molar-refractivity contribution in [1.82, 2.24) is 19.9 Å². The van der Waals surface area contributed by atoms with Gasteiger partial charge in [-0.15, -0.1) is 0 Å². The van der Waals surface area contributed by atoms with Gasteiger partial charge in [0.1, 0.15) is 5.65 Å². The molecule has 0 saturated carbocycles. The number of fused-ring (bicyclic) bond motifs is 3. The molecule has 5 heteroatoms. The molecule has 0 aromatic carbocycles. The van der Waals surface area contributed by atoms with E-state index in [9.17, 15) is 4.79 Å². The Kier molecular flexibility index (Phi) is 3.29. The van der Waals surface area contributed by atoms with Crippen LogP contribution in [0, 0.1) is 5.92 Å². The number of aromatic amines is 1. The van der Waals surface area contributed by atoms with Crippen molar-refractivity contribution in [2.75, 3.05) is 13.1 Å². The second-order valence-corrected chi connectivity index (χ2v) is 6.58. The van der Waals surface area contributed by atoms with Crippen LogP contribution in [0.15, 0.2) is 30.7 Å². The highest BCUT2D eigenvalue weighted by molar-refractivity contribution is 6.06. The molecule has 1 N–H and O–H groups in total. The monoisotopic (exact) mass is 308 g/mol. The fourth-order valence-electron chi connectivity index (χ4n) is 3.56. The van der Waals surface area contributed by atoms with E-state index in [1.807, 2.05) is 43.4 Å². The topological polar surface area (TPSA) is 61.9 Å². The summed E-state index contributed by atoms with van der Waals surface area (Å²) in [5.74, 6) is 0.581. The maximum absolute atomic E-state index is 12.2. The zero-order valence-electron chi connectivity index (χ0n) is 13.4. The van der Waals surface area contributed by atoms with E-state index < -0.39 is 0 Å². The lowest BCUT2D eigenvalue weighted by atomic mass is 9.97. The highest BCUT2D eigenvalue weighted by atomic mass is 16.2. The largest absolute Gasteiger partial charge is 0.346 e. The molecular formula is C18H20N4O. The van der Waals surface area contributed by atoms with Crippen LogP contribution >= 0.6 is 0 Å². The number of carbonyl (C=O) groups excluding carboxylic acids is 1. The molecule has 1 fully saturated rings. The van der Waals surface area contributed by atoms with E-state index in [1.165, 1.54) is 5.39 Å². The van der Waals surface area contributed by atoms with Gasteiger partial charge in [0.15, 0.2) is 0 Å². The number of nitrogens with one attached hydrogen (secondary N) is 1. The summed E-state index contributed by atoms with van der Waals surface area (Å²) >= 11 is 0. The summed E-state index contributed by atoms with van der Waals surface area (Å²) in [5.41, 5.74) is 1.98. The normalized spacial score (nSPS) is 18.4. The number of likely N-dealkylation sites (tertiary alicyclic amines) is 1. The first kappa shape index (κ1) is 14.2. The van der Waals surface area contributed by atoms with Gasteiger partial charge >= 0.3 is 0 Å². The van der Waals surface area contributed by atoms with E-state index in [0.29, 0.717) is 5.92 Å². The van der Waals surface area contributed by atoms with Crippen LogP contribution in [0.3, 0.4) is 0 Å². The average Bonchev–Trinajstić information content (AvgIpc) is 3.22. The number of aromatic nitrogens is 3. The second-order valence-electron chi connectivity index (χ2n) is 6.58. The Morgan fingerprint density at radius 1 is 1.35 bits per heavy atom. The lowest BCUT2D eigenvalue weighted by Gasteiger charge is -2.19. The minimum Gasteiger partial charge on any atom is -0.346 e. The molecule has 4 heterocycles. The van der Waals surface area contributed by atoms with Crippen molar-refractivity contribution in [1.29, 1.82) is 0 Å². The van der Waals surface area contributed by atoms with Crippen molar-refractivity contribution in [3.05, 3.63) is 36.4 Å². The lowest BCUT2D eigenvalue weighted by molar-refractivity contribution is -0.133. The van der Waals surface area contributed by atoms with E-state index in [1.54, 1.807) is 0 Å². The lowest BCUT2D eigenvalue weighted by Crippen LogP contribution is -2.32. The number of amides is 1. The van der Waals surface area contributed by atoms with Gasteiger partial charge in [-0.2, -0.15) is 0 Å². The Hall–Kier alpha value is -2.43. The van der Waals surface area contributed by atoms with Crippen LogP contribution in [0.1, 0.15) is 31.9 Å². The van der Waals surface area contributed by atoms with Gasteiger partial charge in [-0.05, 0) is 18.6 Å². The number of pyridine rings is 2. The molecule has 23 heavy (non-hydrogen) atoms. The molecule has 1 aliphatic heterocycles. The molecule has 1 saturated heterocycles. The third kappa shape index (κ3) is 2.27. The van der Waals surface area contributed by atoms with Crippen molar-refractivity contribution in [3.63, 3.8) is 0 Å². The SMILES string of the molecule is CC(C)C(=O)N1CCC(c2nccc3cnc4[nH]ccc4c23)C1. The summed E-state index contributed by atoms with van der Waals surface area (Å²) in [6, 6.07) is 4.06. The number of rotatable bonds is 2. The van der Waals surface area contributed by atoms with Crippen molar-refractivity contribution < 1.29 is 4.79 Å². The predicted octanol–water partition coefficient (Wildman–Crippen LogP) is 3.08. The van der Waals surface area contributed by atoms with Crippen LogP contribution < -0.4 is 0 Å². The highest BCUT2D eigenvalue weighted by Crippen LogP contribution is 2.34. The zero-order chi connectivity index (χ0) is 16.0. The summed E-state index contributed by atoms with van der Waals surface area (Å²) in [6.45, 7) is 5.50. The number of carbonyl (C=O) groups is 1. The van der Waals surface area contributed by atoms with Crippen LogP contribution in [-0.4, -0.2) is 38.8 Å². The van der Waals surface area contributed by atoms with Gasteiger partial charge in [-0.3, -0.25) is 9.78 Å². The quantitative estimate of drug-likeness (QED) is 0.791. The van der Waals surface area contributed by atoms with Gasteiger partial charge in [0, 0.05) is 59.7 Å². The number of hydrogen-bond donors (Lipinski definition) is 1. The molecule has 1 amide bonds. The summed E-state index contributed by atoms with van der Waals surface area (Å²) in [7, 11) is 0. The van der Waals surface area contributed by atoms with E-state index >= 15 is 0 Å². The first-order chi connectivity index (χ1) is 11.1. The Morgan fingerprint density at radius 2 is 2.22 bits per heavy atom. The van der Waals surface area contributed by atoms with E-state index in [2.05, 4.69) is 21.0 Å². The molecule has 1 unspecified atom stereocenters. The Morgan fingerprint density at radius 3 is 3.04 bits per heavy atom. The molecule has 1 aliphatic rings. The molecule has 1 atom stereocenters. The van der Waals surface area contributed by atoms with Crippen molar-refractivity contribution in [2.24, 2.45) is 5.92 Å². The molecule has 5 nitrogen and oxygen atoms in total. The smallest absolute Gasteiger partial charge is 0.225 e. The number of H-pyrrole nitrogens is 1. The zero-order valence-corrected chi connectivity index (χ0v) is 13.4. The molecule has 3 aromatic rings. The molecule has 0 aliphatic carbocycles. The van der Waals surface area contributed by atoms with E-state index in [0.717, 1.165) is 41.6 Å². The van der Waals surface area contributed by atoms with Gasteiger partial charge in [0.05, 0.1) is 5.69 Å². The van der Waals surface area contributed by atoms with Crippen molar-refractivity contribution in [2.45, 2.75) is 26.2 Å². The third-order valence-electron chi connectivity index (χ3n) is 4.72. The first-order valence-electron chi connectivity index (χ1n) is 8.14. The minimum absolute atomic E-state index is 0.0507. The summed E-state index contributed by atoms with van der Waals surface area (Å²) in [6.07, 6.45) is 6.63. The molecule has 0 radical (unpaired) electrons. The number of nitrogens with zero attached hydrogens (tertiary/aromatic N) is 3. The number of hydrogen-bond acceptors (Lipinski definition) is 3. The van der Waals surface area contributed by atoms with Crippen LogP contribution in [0.2, 0.25) is 0 Å². The molecular weight excluding hydrogens is 288 g/mol. The van der Waals surface area contributed by atoms with Crippen LogP contribution in [0.4, 0.5) is 0 Å². The van der Waals surface area contributed by atoms with Crippen LogP contribution in [0.25, 0.3) is 21.8 Å². The summed E-state index contributed by atoms with van der Waals surface area (Å²) in [5, 5.41) is 3.39. The van der Waals surface area contributed by atoms with Gasteiger partial charge < -0.3 is 9.88 Å². The van der Waals surface area contributed by atoms with E-state index in [-0.39, 0.29) is 11.8 Å². The third-order valence-corrected chi connectivity index (χ3v) is 4.72. The molecule has 3 aromatic heterocycles. The Bertz CT molecular complexity index is 883. The maximum Gasteiger partial charge on any atom is 0.225 e. The molecule has 118 valence electrons. The molecule has 0 spiro atoms. The first-order valence-corrected chi connectivity index (χ1v) is 8.14. The fraction of sp³-hybridized carbons (Fsp3) is 0.389. The fourth-order valence-corrected chi connectivity index (χ4v) is 3.56. The van der Waals surface area contributed by atoms with Crippen LogP contribution in [0.5, 0.6) is 0 Å². The summed E-state index contributed by atoms with van der Waals surface area (Å²) < 4.78 is 0. The summed E-state index contributed by atoms with van der Waals surface area (Å²) in [4.78, 5) is 26.5. The standard InChI is InChI=1S/C18H20N4O/c1-11(2)18(23)22-8-5-13(10-22)16-15-12(3-6-19-16)9-21-17-14(15)4-7-20-17/h3-4,6-7,9,11,13H,5,8,10H2,1-2H3,(H,20,21). The van der Waals surface area contributed by atoms with E-state index in [4.69, 9.17) is 0 Å². The van der Waals surface area contributed by atoms with Gasteiger partial charge in [0.2, 0.25) is 5.91 Å². The van der Waals surface area contributed by atoms with Crippen molar-refractivity contribution >= 4 is 27.7 Å². The minimum atomic E-state index is 0.0507. The Balaban J connectivity index is 1.78. The second kappa shape index (κ2) is 5.33. The highest BCUT2D eigenvalue weighted by Gasteiger charge is 2.30. The van der Waals surface area contributed by atoms with Gasteiger partial charge in [0.25, 0.3) is 0 Å². The predicted molar refractivity (Wildman–Crippen MR) is 90.2 cm³/mol.